The van der Waals surface area contributed by atoms with Gasteiger partial charge in [-0.1, -0.05) is 29.8 Å². The molecule has 1 aliphatic heterocycles. The Kier molecular flexibility index (Phi) is 10.1. The molecule has 47 heavy (non-hydrogen) atoms. The molecule has 0 amide bonds. The van der Waals surface area contributed by atoms with Gasteiger partial charge in [0.25, 0.3) is 0 Å². The number of rotatable bonds is 10. The van der Waals surface area contributed by atoms with Gasteiger partial charge in [0.2, 0.25) is 0 Å². The third-order valence-electron chi connectivity index (χ3n) is 10.1. The lowest BCUT2D eigenvalue weighted by Crippen LogP contribution is -2.50. The number of carbonyl (C=O) groups is 1. The number of anilines is 1. The maximum absolute atomic E-state index is 13.2. The van der Waals surface area contributed by atoms with Gasteiger partial charge in [0, 0.05) is 30.1 Å². The monoisotopic (exact) mass is 661 g/mol. The van der Waals surface area contributed by atoms with Gasteiger partial charge in [-0.25, -0.2) is 4.79 Å². The number of aryl methyl sites for hydroxylation is 1. The summed E-state index contributed by atoms with van der Waals surface area (Å²) in [6, 6.07) is 19.9. The summed E-state index contributed by atoms with van der Waals surface area (Å²) in [5, 5.41) is 10.8. The molecule has 3 aromatic rings. The van der Waals surface area contributed by atoms with Gasteiger partial charge in [-0.2, -0.15) is 0 Å². The van der Waals surface area contributed by atoms with Crippen LogP contribution in [0.2, 0.25) is 5.02 Å². The van der Waals surface area contributed by atoms with Crippen LogP contribution in [0, 0.1) is 11.8 Å². The minimum atomic E-state index is -0.593. The summed E-state index contributed by atoms with van der Waals surface area (Å²) in [5.74, 6) is 1.94. The molecule has 0 bridgehead atoms. The molecule has 0 radical (unpaired) electrons. The Hall–Kier alpha value is -3.26. The average Bonchev–Trinajstić information content (AvgIpc) is 3.18. The second-order valence-corrected chi connectivity index (χ2v) is 14.9. The Morgan fingerprint density at radius 1 is 1.11 bits per heavy atom. The van der Waals surface area contributed by atoms with E-state index in [1.165, 1.54) is 11.1 Å². The molecule has 6 rings (SSSR count). The van der Waals surface area contributed by atoms with Gasteiger partial charge in [0.1, 0.15) is 17.1 Å². The van der Waals surface area contributed by atoms with Crippen molar-refractivity contribution in [1.29, 1.82) is 0 Å². The van der Waals surface area contributed by atoms with E-state index in [9.17, 15) is 9.90 Å². The summed E-state index contributed by atoms with van der Waals surface area (Å²) in [6.45, 7) is 8.36. The van der Waals surface area contributed by atoms with E-state index in [2.05, 4.69) is 17.0 Å². The second kappa shape index (κ2) is 14.1. The summed E-state index contributed by atoms with van der Waals surface area (Å²) in [7, 11) is 1.66. The number of aliphatic hydroxyl groups excluding tert-OH is 1. The highest BCUT2D eigenvalue weighted by atomic mass is 35.5. The van der Waals surface area contributed by atoms with E-state index in [1.54, 1.807) is 7.11 Å². The Morgan fingerprint density at radius 2 is 1.91 bits per heavy atom. The number of fused-ring (bicyclic) bond motifs is 3. The minimum Gasteiger partial charge on any atom is -0.497 e. The zero-order valence-corrected chi connectivity index (χ0v) is 28.9. The van der Waals surface area contributed by atoms with Gasteiger partial charge < -0.3 is 29.0 Å². The van der Waals surface area contributed by atoms with Crippen LogP contribution in [0.3, 0.4) is 0 Å². The lowest BCUT2D eigenvalue weighted by Gasteiger charge is -2.46. The van der Waals surface area contributed by atoms with Crippen LogP contribution in [-0.4, -0.2) is 56.2 Å². The number of esters is 1. The van der Waals surface area contributed by atoms with Crippen LogP contribution >= 0.6 is 11.6 Å². The number of methoxy groups -OCH3 is 1. The van der Waals surface area contributed by atoms with Crippen LogP contribution in [0.15, 0.2) is 60.7 Å². The molecule has 1 heterocycles. The van der Waals surface area contributed by atoms with Crippen molar-refractivity contribution in [2.24, 2.45) is 11.8 Å². The summed E-state index contributed by atoms with van der Waals surface area (Å²) in [5.41, 5.74) is 4.33. The predicted octanol–water partition coefficient (Wildman–Crippen LogP) is 7.77. The SMILES string of the molecule is COc1ccc(CO[C@@H](CCO)[C@@H]2CC[C@H]2CN2CC3(CCCc4cc(Cl)ccc43)COc3ccc(C(=O)OC(C)(C)C)cc32)cc1. The van der Waals surface area contributed by atoms with Crippen molar-refractivity contribution in [2.45, 2.75) is 83.0 Å². The van der Waals surface area contributed by atoms with Crippen molar-refractivity contribution in [3.05, 3.63) is 87.9 Å². The van der Waals surface area contributed by atoms with Gasteiger partial charge in [0.15, 0.2) is 0 Å². The van der Waals surface area contributed by atoms with E-state index in [4.69, 9.17) is 30.5 Å². The number of halogens is 1. The van der Waals surface area contributed by atoms with Crippen LogP contribution < -0.4 is 14.4 Å². The van der Waals surface area contributed by atoms with E-state index in [-0.39, 0.29) is 24.1 Å². The first kappa shape index (κ1) is 33.6. The first-order valence-corrected chi connectivity index (χ1v) is 17.3. The van der Waals surface area contributed by atoms with Crippen molar-refractivity contribution in [1.82, 2.24) is 0 Å². The molecule has 4 atom stereocenters. The van der Waals surface area contributed by atoms with Crippen LogP contribution in [0.1, 0.15) is 79.9 Å². The van der Waals surface area contributed by atoms with Crippen LogP contribution in [0.4, 0.5) is 5.69 Å². The minimum absolute atomic E-state index is 0.0526. The van der Waals surface area contributed by atoms with Gasteiger partial charge in [0.05, 0.1) is 37.7 Å². The number of carbonyl (C=O) groups excluding carboxylic acids is 1. The molecular formula is C39H48ClNO6. The molecule has 1 fully saturated rings. The molecule has 1 saturated carbocycles. The fourth-order valence-corrected chi connectivity index (χ4v) is 7.84. The number of aliphatic hydroxyl groups is 1. The van der Waals surface area contributed by atoms with Gasteiger partial charge in [-0.15, -0.1) is 0 Å². The summed E-state index contributed by atoms with van der Waals surface area (Å²) in [6.07, 6.45) is 5.76. The molecule has 7 nitrogen and oxygen atoms in total. The fourth-order valence-electron chi connectivity index (χ4n) is 7.65. The summed E-state index contributed by atoms with van der Waals surface area (Å²) < 4.78 is 24.2. The molecule has 3 aliphatic rings. The average molecular weight is 662 g/mol. The lowest BCUT2D eigenvalue weighted by atomic mass is 9.68. The van der Waals surface area contributed by atoms with Crippen LogP contribution in [0.5, 0.6) is 11.5 Å². The molecule has 1 N–H and O–H groups in total. The highest BCUT2D eigenvalue weighted by Crippen LogP contribution is 2.47. The quantitative estimate of drug-likeness (QED) is 0.223. The highest BCUT2D eigenvalue weighted by Gasteiger charge is 2.44. The van der Waals surface area contributed by atoms with E-state index in [1.807, 2.05) is 69.3 Å². The predicted molar refractivity (Wildman–Crippen MR) is 185 cm³/mol. The van der Waals surface area contributed by atoms with E-state index < -0.39 is 5.60 Å². The van der Waals surface area contributed by atoms with Crippen molar-refractivity contribution in [2.75, 3.05) is 38.3 Å². The van der Waals surface area contributed by atoms with Gasteiger partial charge >= 0.3 is 5.97 Å². The molecule has 2 aliphatic carbocycles. The van der Waals surface area contributed by atoms with Gasteiger partial charge in [-0.3, -0.25) is 0 Å². The summed E-state index contributed by atoms with van der Waals surface area (Å²) in [4.78, 5) is 15.7. The summed E-state index contributed by atoms with van der Waals surface area (Å²) >= 11 is 6.45. The Balaban J connectivity index is 1.29. The zero-order valence-electron chi connectivity index (χ0n) is 28.1. The van der Waals surface area contributed by atoms with E-state index in [0.717, 1.165) is 73.0 Å². The van der Waals surface area contributed by atoms with Crippen molar-refractivity contribution < 1.29 is 28.8 Å². The molecule has 1 spiro atoms. The molecule has 0 saturated heterocycles. The Labute approximate surface area is 284 Å². The standard InChI is InChI=1S/C39H48ClNO6/c1-38(2,3)47-37(43)28-10-16-36-34(21-28)41(24-39(25-46-36)18-5-6-27-20-30(40)11-15-33(27)39)22-29-9-14-32(29)35(17-19-42)45-23-26-7-12-31(44-4)13-8-26/h7-8,10-13,15-16,20-21,29,32,35,42H,5-6,9,14,17-19,22-25H2,1-4H3/t29-,32+,35-,39?/m0/s1. The zero-order chi connectivity index (χ0) is 33.2. The maximum atomic E-state index is 13.2. The maximum Gasteiger partial charge on any atom is 0.338 e. The number of hydrogen-bond acceptors (Lipinski definition) is 7. The first-order chi connectivity index (χ1) is 22.6. The molecular weight excluding hydrogens is 614 g/mol. The Bertz CT molecular complexity index is 1550. The third-order valence-corrected chi connectivity index (χ3v) is 10.4. The van der Waals surface area contributed by atoms with E-state index >= 15 is 0 Å². The lowest BCUT2D eigenvalue weighted by molar-refractivity contribution is -0.0605. The largest absolute Gasteiger partial charge is 0.497 e. The van der Waals surface area contributed by atoms with Crippen molar-refractivity contribution in [3.8, 4) is 11.5 Å². The van der Waals surface area contributed by atoms with Crippen LogP contribution in [0.25, 0.3) is 0 Å². The topological polar surface area (TPSA) is 77.5 Å². The smallest absolute Gasteiger partial charge is 0.338 e. The molecule has 3 aromatic carbocycles. The molecule has 0 aromatic heterocycles. The fraction of sp³-hybridized carbons (Fsp3) is 0.513. The van der Waals surface area contributed by atoms with E-state index in [0.29, 0.717) is 37.0 Å². The molecule has 252 valence electrons. The van der Waals surface area contributed by atoms with Gasteiger partial charge in [-0.05, 0) is 130 Å². The number of benzene rings is 3. The number of ether oxygens (including phenoxy) is 4. The normalized spacial score (nSPS) is 22.7. The highest BCUT2D eigenvalue weighted by molar-refractivity contribution is 6.30. The Morgan fingerprint density at radius 3 is 2.62 bits per heavy atom. The second-order valence-electron chi connectivity index (χ2n) is 14.5. The number of nitrogens with zero attached hydrogens (tertiary/aromatic N) is 1. The molecule has 1 unspecified atom stereocenters. The van der Waals surface area contributed by atoms with Crippen molar-refractivity contribution in [3.63, 3.8) is 0 Å². The van der Waals surface area contributed by atoms with Crippen LogP contribution in [-0.2, 0) is 27.9 Å². The third kappa shape index (κ3) is 7.58. The number of hydrogen-bond donors (Lipinski definition) is 1. The first-order valence-electron chi connectivity index (χ1n) is 17.0. The van der Waals surface area contributed by atoms with Crippen molar-refractivity contribution >= 4 is 23.3 Å². The molecule has 8 heteroatoms.